The van der Waals surface area contributed by atoms with E-state index in [1.54, 1.807) is 12.4 Å². The first kappa shape index (κ1) is 23.8. The lowest BCUT2D eigenvalue weighted by molar-refractivity contribution is 0.607. The van der Waals surface area contributed by atoms with Gasteiger partial charge < -0.3 is 0 Å². The van der Waals surface area contributed by atoms with E-state index in [0.717, 1.165) is 44.1 Å². The lowest BCUT2D eigenvalue weighted by atomic mass is 10.0. The monoisotopic (exact) mass is 567 g/mol. The normalized spacial score (nSPS) is 11.1. The third-order valence-corrected chi connectivity index (χ3v) is 6.59. The van der Waals surface area contributed by atoms with Gasteiger partial charge in [-0.25, -0.2) is 9.97 Å². The molecule has 3 aromatic heterocycles. The Hall–Kier alpha value is -2.38. The minimum Gasteiger partial charge on any atom is -0.275 e. The van der Waals surface area contributed by atoms with Crippen molar-refractivity contribution in [1.82, 2.24) is 24.7 Å². The Labute approximate surface area is 212 Å². The Kier molecular flexibility index (Phi) is 8.40. The highest BCUT2D eigenvalue weighted by Gasteiger charge is 2.18. The second-order valence-electron chi connectivity index (χ2n) is 8.11. The summed E-state index contributed by atoms with van der Waals surface area (Å²) in [6, 6.07) is 16.6. The first-order valence-corrected chi connectivity index (χ1v) is 13.0. The first-order chi connectivity index (χ1) is 16.2. The van der Waals surface area contributed by atoms with Gasteiger partial charge in [0.1, 0.15) is 9.21 Å². The zero-order valence-corrected chi connectivity index (χ0v) is 21.9. The van der Waals surface area contributed by atoms with Crippen LogP contribution in [0.2, 0.25) is 0 Å². The molecule has 4 aromatic rings. The molecule has 0 N–H and O–H groups in total. The molecule has 0 spiro atoms. The fraction of sp³-hybridized carbons (Fsp3) is 0.308. The van der Waals surface area contributed by atoms with Crippen LogP contribution in [0.25, 0.3) is 28.5 Å². The topological polar surface area (TPSA) is 56.5 Å². The number of hydrogen-bond acceptors (Lipinski definition) is 4. The summed E-state index contributed by atoms with van der Waals surface area (Å²) in [5.74, 6) is 1.49. The van der Waals surface area contributed by atoms with Crippen LogP contribution in [-0.4, -0.2) is 24.7 Å². The van der Waals surface area contributed by atoms with E-state index in [1.165, 1.54) is 44.1 Å². The molecule has 0 aliphatic carbocycles. The van der Waals surface area contributed by atoms with Crippen LogP contribution in [0.1, 0.15) is 51.0 Å². The molecule has 4 rings (SSSR count). The molecule has 0 amide bonds. The van der Waals surface area contributed by atoms with Crippen molar-refractivity contribution in [3.05, 3.63) is 75.7 Å². The molecule has 0 saturated carbocycles. The number of rotatable bonds is 10. The second-order valence-corrected chi connectivity index (χ2v) is 9.73. The van der Waals surface area contributed by atoms with E-state index in [1.807, 2.05) is 24.3 Å². The summed E-state index contributed by atoms with van der Waals surface area (Å²) in [6.07, 6.45) is 12.6. The first-order valence-electron chi connectivity index (χ1n) is 11.4. The number of unbranched alkanes of at least 4 members (excludes halogenated alkanes) is 5. The van der Waals surface area contributed by atoms with Crippen LogP contribution in [0.5, 0.6) is 0 Å². The van der Waals surface area contributed by atoms with Crippen LogP contribution in [0, 0.1) is 0 Å². The summed E-state index contributed by atoms with van der Waals surface area (Å²) in [6.45, 7) is 2.26. The third-order valence-electron chi connectivity index (χ3n) is 5.65. The van der Waals surface area contributed by atoms with Gasteiger partial charge in [0.25, 0.3) is 0 Å². The Balaban J connectivity index is 1.61. The Morgan fingerprint density at radius 3 is 1.73 bits per heavy atom. The highest BCUT2D eigenvalue weighted by molar-refractivity contribution is 9.10. The van der Waals surface area contributed by atoms with Crippen molar-refractivity contribution in [2.24, 2.45) is 0 Å². The van der Waals surface area contributed by atoms with Crippen molar-refractivity contribution in [3.63, 3.8) is 0 Å². The van der Waals surface area contributed by atoms with Gasteiger partial charge in [0.05, 0.1) is 0 Å². The molecule has 0 bridgehead atoms. The second kappa shape index (κ2) is 11.7. The number of halogens is 2. The summed E-state index contributed by atoms with van der Waals surface area (Å²) >= 11 is 6.82. The van der Waals surface area contributed by atoms with Gasteiger partial charge in [-0.05, 0) is 86.7 Å². The van der Waals surface area contributed by atoms with Crippen LogP contribution in [0.4, 0.5) is 0 Å². The summed E-state index contributed by atoms with van der Waals surface area (Å²) in [7, 11) is 0. The maximum absolute atomic E-state index is 4.52. The molecule has 0 atom stereocenters. The van der Waals surface area contributed by atoms with E-state index in [0.29, 0.717) is 0 Å². The van der Waals surface area contributed by atoms with E-state index in [-0.39, 0.29) is 0 Å². The zero-order chi connectivity index (χ0) is 23.0. The molecule has 1 aromatic carbocycles. The van der Waals surface area contributed by atoms with Gasteiger partial charge >= 0.3 is 0 Å². The minimum atomic E-state index is 0.747. The molecular weight excluding hydrogens is 542 g/mol. The molecule has 3 heterocycles. The Morgan fingerprint density at radius 2 is 1.21 bits per heavy atom. The average Bonchev–Trinajstić information content (AvgIpc) is 3.28. The predicted octanol–water partition coefficient (Wildman–Crippen LogP) is 7.82. The maximum atomic E-state index is 4.52. The number of nitrogens with zero attached hydrogens (tertiary/aromatic N) is 5. The van der Waals surface area contributed by atoms with Crippen molar-refractivity contribution < 1.29 is 0 Å². The number of pyridine rings is 2. The van der Waals surface area contributed by atoms with E-state index in [2.05, 4.69) is 87.8 Å². The summed E-state index contributed by atoms with van der Waals surface area (Å²) in [5, 5.41) is 9.03. The number of benzene rings is 1. The zero-order valence-electron chi connectivity index (χ0n) is 18.7. The molecule has 0 fully saturated rings. The Morgan fingerprint density at radius 1 is 0.667 bits per heavy atom. The third kappa shape index (κ3) is 6.15. The van der Waals surface area contributed by atoms with Crippen LogP contribution >= 0.6 is 31.9 Å². The fourth-order valence-electron chi connectivity index (χ4n) is 3.84. The number of hydrogen-bond donors (Lipinski definition) is 0. The molecule has 33 heavy (non-hydrogen) atoms. The van der Waals surface area contributed by atoms with Gasteiger partial charge in [-0.1, -0.05) is 51.2 Å². The molecule has 0 saturated heterocycles. The van der Waals surface area contributed by atoms with E-state index < -0.39 is 0 Å². The molecule has 5 nitrogen and oxygen atoms in total. The lowest BCUT2D eigenvalue weighted by Gasteiger charge is -2.12. The molecular formula is C26H27Br2N5. The molecule has 0 radical (unpaired) electrons. The summed E-state index contributed by atoms with van der Waals surface area (Å²) in [4.78, 5) is 8.75. The van der Waals surface area contributed by atoms with Crippen molar-refractivity contribution >= 4 is 31.9 Å². The smallest absolute Gasteiger partial charge is 0.170 e. The summed E-state index contributed by atoms with van der Waals surface area (Å²) < 4.78 is 3.65. The van der Waals surface area contributed by atoms with E-state index in [9.17, 15) is 0 Å². The Bertz CT molecular complexity index is 1090. The van der Waals surface area contributed by atoms with Gasteiger partial charge in [-0.2, -0.15) is 0 Å². The fourth-order valence-corrected chi connectivity index (χ4v) is 4.31. The molecule has 0 aliphatic rings. The van der Waals surface area contributed by atoms with Crippen molar-refractivity contribution in [2.45, 2.75) is 51.9 Å². The quantitative estimate of drug-likeness (QED) is 0.144. The average molecular weight is 569 g/mol. The number of aryl methyl sites for hydroxylation is 1. The van der Waals surface area contributed by atoms with Crippen LogP contribution < -0.4 is 0 Å². The largest absolute Gasteiger partial charge is 0.275 e. The molecule has 0 aliphatic heterocycles. The van der Waals surface area contributed by atoms with Gasteiger partial charge in [0.2, 0.25) is 0 Å². The van der Waals surface area contributed by atoms with E-state index >= 15 is 0 Å². The van der Waals surface area contributed by atoms with Crippen LogP contribution in [-0.2, 0) is 6.42 Å². The molecule has 170 valence electrons. The predicted molar refractivity (Wildman–Crippen MR) is 140 cm³/mol. The number of aromatic nitrogens is 5. The van der Waals surface area contributed by atoms with Crippen LogP contribution in [0.15, 0.2) is 70.1 Å². The van der Waals surface area contributed by atoms with Gasteiger partial charge in [-0.15, -0.1) is 10.2 Å². The van der Waals surface area contributed by atoms with Crippen molar-refractivity contribution in [2.75, 3.05) is 0 Å². The maximum Gasteiger partial charge on any atom is 0.170 e. The lowest BCUT2D eigenvalue weighted by Crippen LogP contribution is -2.01. The van der Waals surface area contributed by atoms with Gasteiger partial charge in [0.15, 0.2) is 11.6 Å². The van der Waals surface area contributed by atoms with Crippen LogP contribution in [0.3, 0.4) is 0 Å². The van der Waals surface area contributed by atoms with Gasteiger partial charge in [-0.3, -0.25) is 4.57 Å². The highest BCUT2D eigenvalue weighted by Crippen LogP contribution is 2.29. The standard InChI is InChI=1S/C26H27Br2N5/c1-2-3-4-5-6-7-8-19-9-13-22(14-10-19)33-25(20-11-15-23(27)29-17-20)31-32-26(33)21-12-16-24(28)30-18-21/h9-18H,2-8H2,1H3. The minimum absolute atomic E-state index is 0.747. The van der Waals surface area contributed by atoms with Gasteiger partial charge in [0, 0.05) is 29.2 Å². The highest BCUT2D eigenvalue weighted by atomic mass is 79.9. The summed E-state index contributed by atoms with van der Waals surface area (Å²) in [5.41, 5.74) is 4.18. The van der Waals surface area contributed by atoms with Crippen molar-refractivity contribution in [3.8, 4) is 28.5 Å². The SMILES string of the molecule is CCCCCCCCc1ccc(-n2c(-c3ccc(Br)nc3)nnc2-c2ccc(Br)nc2)cc1. The molecule has 0 unspecified atom stereocenters. The van der Waals surface area contributed by atoms with E-state index in [4.69, 9.17) is 0 Å². The van der Waals surface area contributed by atoms with Crippen molar-refractivity contribution in [1.29, 1.82) is 0 Å². The molecule has 7 heteroatoms.